The number of quaternary nitrogens is 1. The number of rotatable bonds is 2. The third kappa shape index (κ3) is 2.62. The van der Waals surface area contributed by atoms with Crippen LogP contribution in [0.1, 0.15) is 36.6 Å². The van der Waals surface area contributed by atoms with Crippen LogP contribution in [0.4, 0.5) is 0 Å². The first kappa shape index (κ1) is 13.3. The maximum Gasteiger partial charge on any atom is 0.117 e. The number of aliphatic hydroxyl groups is 1. The monoisotopic (exact) mass is 268 g/mol. The predicted molar refractivity (Wildman–Crippen MR) is 80.1 cm³/mol. The third-order valence-electron chi connectivity index (χ3n) is 4.52. The van der Waals surface area contributed by atoms with E-state index in [0.717, 1.165) is 6.42 Å². The molecule has 0 radical (unpaired) electrons. The van der Waals surface area contributed by atoms with Gasteiger partial charge in [0.2, 0.25) is 0 Å². The van der Waals surface area contributed by atoms with E-state index in [9.17, 15) is 5.11 Å². The zero-order chi connectivity index (χ0) is 13.9. The van der Waals surface area contributed by atoms with Gasteiger partial charge >= 0.3 is 0 Å². The molecule has 1 saturated heterocycles. The lowest BCUT2D eigenvalue weighted by molar-refractivity contribution is -0.752. The van der Waals surface area contributed by atoms with Gasteiger partial charge in [0.05, 0.1) is 6.10 Å². The number of nitrogens with two attached hydrogens (primary N) is 1. The number of aliphatic hydroxyl groups excluding tert-OH is 1. The molecule has 20 heavy (non-hydrogen) atoms. The number of piperidine rings is 1. The Bertz CT molecular complexity index is 540. The van der Waals surface area contributed by atoms with Crippen LogP contribution in [0.5, 0.6) is 0 Å². The molecule has 0 bridgehead atoms. The molecule has 2 aromatic rings. The van der Waals surface area contributed by atoms with Crippen molar-refractivity contribution in [2.75, 3.05) is 0 Å². The molecular formula is C18H22NO+. The zero-order valence-electron chi connectivity index (χ0n) is 11.8. The molecule has 1 aliphatic rings. The topological polar surface area (TPSA) is 36.8 Å². The Morgan fingerprint density at radius 1 is 0.900 bits per heavy atom. The molecule has 3 rings (SSSR count). The Hall–Kier alpha value is -1.64. The molecular weight excluding hydrogens is 246 g/mol. The van der Waals surface area contributed by atoms with Gasteiger partial charge < -0.3 is 10.4 Å². The fourth-order valence-electron chi connectivity index (χ4n) is 3.26. The molecule has 2 heteroatoms. The minimum absolute atomic E-state index is 0.240. The molecule has 0 saturated carbocycles. The van der Waals surface area contributed by atoms with Crippen LogP contribution in [-0.2, 0) is 0 Å². The molecule has 2 aromatic carbocycles. The van der Waals surface area contributed by atoms with Crippen molar-refractivity contribution in [2.45, 2.75) is 31.5 Å². The highest BCUT2D eigenvalue weighted by Gasteiger charge is 2.38. The van der Waals surface area contributed by atoms with Crippen molar-refractivity contribution in [2.24, 2.45) is 5.92 Å². The number of benzene rings is 2. The summed E-state index contributed by atoms with van der Waals surface area (Å²) in [5.74, 6) is 0.275. The highest BCUT2D eigenvalue weighted by molar-refractivity contribution is 5.21. The summed E-state index contributed by atoms with van der Waals surface area (Å²) in [6.45, 7) is 2.15. The fourth-order valence-corrected chi connectivity index (χ4v) is 3.26. The van der Waals surface area contributed by atoms with Crippen LogP contribution in [0.15, 0.2) is 60.7 Å². The van der Waals surface area contributed by atoms with Crippen LogP contribution in [-0.4, -0.2) is 11.2 Å². The maximum absolute atomic E-state index is 10.4. The highest BCUT2D eigenvalue weighted by atomic mass is 16.3. The van der Waals surface area contributed by atoms with Crippen molar-refractivity contribution in [3.63, 3.8) is 0 Å². The van der Waals surface area contributed by atoms with Crippen LogP contribution in [0.2, 0.25) is 0 Å². The van der Waals surface area contributed by atoms with Gasteiger partial charge in [-0.2, -0.15) is 0 Å². The second-order valence-corrected chi connectivity index (χ2v) is 5.81. The molecule has 1 heterocycles. The second kappa shape index (κ2) is 5.78. The fraction of sp³-hybridized carbons (Fsp3) is 0.333. The Labute approximate surface area is 120 Å². The molecule has 1 aliphatic heterocycles. The number of hydrogen-bond donors (Lipinski definition) is 2. The van der Waals surface area contributed by atoms with E-state index >= 15 is 0 Å². The van der Waals surface area contributed by atoms with Crippen LogP contribution in [0.25, 0.3) is 0 Å². The van der Waals surface area contributed by atoms with Crippen LogP contribution >= 0.6 is 0 Å². The lowest BCUT2D eigenvalue weighted by atomic mass is 9.81. The van der Waals surface area contributed by atoms with Gasteiger partial charge in [0.15, 0.2) is 0 Å². The summed E-state index contributed by atoms with van der Waals surface area (Å²) in [7, 11) is 0. The molecule has 3 N–H and O–H groups in total. The van der Waals surface area contributed by atoms with E-state index in [1.54, 1.807) is 0 Å². The van der Waals surface area contributed by atoms with E-state index in [1.807, 2.05) is 12.1 Å². The summed E-state index contributed by atoms with van der Waals surface area (Å²) in [5.41, 5.74) is 2.61. The van der Waals surface area contributed by atoms with Gasteiger partial charge in [-0.05, 0) is 0 Å². The summed E-state index contributed by atoms with van der Waals surface area (Å²) in [6, 6.07) is 21.7. The smallest absolute Gasteiger partial charge is 0.117 e. The molecule has 0 unspecified atom stereocenters. The highest BCUT2D eigenvalue weighted by Crippen LogP contribution is 2.31. The molecule has 4 atom stereocenters. The lowest BCUT2D eigenvalue weighted by Crippen LogP contribution is -2.90. The van der Waals surface area contributed by atoms with E-state index < -0.39 is 0 Å². The van der Waals surface area contributed by atoms with Crippen molar-refractivity contribution in [1.29, 1.82) is 0 Å². The van der Waals surface area contributed by atoms with Crippen molar-refractivity contribution < 1.29 is 10.4 Å². The zero-order valence-corrected chi connectivity index (χ0v) is 11.8. The van der Waals surface area contributed by atoms with E-state index in [1.165, 1.54) is 11.1 Å². The molecule has 2 nitrogen and oxygen atoms in total. The van der Waals surface area contributed by atoms with Crippen molar-refractivity contribution >= 4 is 0 Å². The molecule has 0 spiro atoms. The molecule has 0 aliphatic carbocycles. The summed E-state index contributed by atoms with van der Waals surface area (Å²) < 4.78 is 0. The minimum Gasteiger partial charge on any atom is -0.392 e. The van der Waals surface area contributed by atoms with Gasteiger partial charge in [-0.1, -0.05) is 67.6 Å². The summed E-state index contributed by atoms with van der Waals surface area (Å²) in [6.07, 6.45) is 0.588. The van der Waals surface area contributed by atoms with Gasteiger partial charge in [0, 0.05) is 23.5 Å². The Kier molecular flexibility index (Phi) is 3.86. The molecule has 0 amide bonds. The first-order chi connectivity index (χ1) is 9.75. The molecule has 1 fully saturated rings. The van der Waals surface area contributed by atoms with Crippen LogP contribution in [0.3, 0.4) is 0 Å². The standard InChI is InChI=1S/C18H21NO/c1-13-17(20)12-16(14-8-4-2-5-9-14)19-18(13)15-10-6-3-7-11-15/h2-11,13,16-20H,12H2,1H3/p+1/t13-,16-,17-,18+/m1/s1. The summed E-state index contributed by atoms with van der Waals surface area (Å²) in [4.78, 5) is 0. The maximum atomic E-state index is 10.4. The molecule has 0 aromatic heterocycles. The van der Waals surface area contributed by atoms with Gasteiger partial charge in [-0.25, -0.2) is 0 Å². The summed E-state index contributed by atoms with van der Waals surface area (Å²) >= 11 is 0. The second-order valence-electron chi connectivity index (χ2n) is 5.81. The first-order valence-corrected chi connectivity index (χ1v) is 7.38. The van der Waals surface area contributed by atoms with Crippen LogP contribution in [0, 0.1) is 5.92 Å². The third-order valence-corrected chi connectivity index (χ3v) is 4.52. The van der Waals surface area contributed by atoms with E-state index in [0.29, 0.717) is 12.1 Å². The Balaban J connectivity index is 1.87. The van der Waals surface area contributed by atoms with E-state index in [2.05, 4.69) is 60.8 Å². The van der Waals surface area contributed by atoms with Crippen LogP contribution < -0.4 is 5.32 Å². The summed E-state index contributed by atoms with van der Waals surface area (Å²) in [5, 5.41) is 12.8. The van der Waals surface area contributed by atoms with Gasteiger partial charge in [0.25, 0.3) is 0 Å². The quantitative estimate of drug-likeness (QED) is 0.862. The largest absolute Gasteiger partial charge is 0.392 e. The lowest BCUT2D eigenvalue weighted by Gasteiger charge is -2.36. The van der Waals surface area contributed by atoms with Crippen molar-refractivity contribution in [3.05, 3.63) is 71.8 Å². The normalized spacial score (nSPS) is 30.1. The van der Waals surface area contributed by atoms with E-state index in [-0.39, 0.29) is 12.0 Å². The number of hydrogen-bond acceptors (Lipinski definition) is 1. The average molecular weight is 268 g/mol. The first-order valence-electron chi connectivity index (χ1n) is 7.38. The minimum atomic E-state index is -0.240. The Morgan fingerprint density at radius 3 is 2.05 bits per heavy atom. The Morgan fingerprint density at radius 2 is 1.45 bits per heavy atom. The van der Waals surface area contributed by atoms with Gasteiger partial charge in [-0.3, -0.25) is 0 Å². The van der Waals surface area contributed by atoms with Gasteiger partial charge in [-0.15, -0.1) is 0 Å². The van der Waals surface area contributed by atoms with Gasteiger partial charge in [0.1, 0.15) is 12.1 Å². The SMILES string of the molecule is C[C@@H]1[C@H](O)C[C@H](c2ccccc2)[NH2+][C@@H]1c1ccccc1. The average Bonchev–Trinajstić information content (AvgIpc) is 2.51. The van der Waals surface area contributed by atoms with Crippen molar-refractivity contribution in [1.82, 2.24) is 0 Å². The molecule has 104 valence electrons. The van der Waals surface area contributed by atoms with Crippen molar-refractivity contribution in [3.8, 4) is 0 Å². The predicted octanol–water partition coefficient (Wildman–Crippen LogP) is 2.43. The van der Waals surface area contributed by atoms with E-state index in [4.69, 9.17) is 0 Å².